The molecule has 0 fully saturated rings. The Morgan fingerprint density at radius 1 is 1.24 bits per heavy atom. The van der Waals surface area contributed by atoms with Crippen LogP contribution in [0.3, 0.4) is 0 Å². The van der Waals surface area contributed by atoms with Crippen LogP contribution in [0.15, 0.2) is 42.9 Å². The van der Waals surface area contributed by atoms with Crippen LogP contribution in [0.4, 0.5) is 11.4 Å². The Hall–Kier alpha value is -2.87. The average molecular weight is 277 g/mol. The van der Waals surface area contributed by atoms with E-state index in [1.165, 1.54) is 0 Å². The molecule has 1 aromatic carbocycles. The number of fused-ring (bicyclic) bond motifs is 1. The minimum Gasteiger partial charge on any atom is -0.351 e. The van der Waals surface area contributed by atoms with E-state index in [0.29, 0.717) is 11.6 Å². The minimum absolute atomic E-state index is 0.296. The number of nitrogens with one attached hydrogen (secondary N) is 1. The fourth-order valence-electron chi connectivity index (χ4n) is 2.19. The van der Waals surface area contributed by atoms with Gasteiger partial charge in [0.05, 0.1) is 28.7 Å². The molecule has 0 amide bonds. The zero-order valence-electron chi connectivity index (χ0n) is 11.9. The van der Waals surface area contributed by atoms with Crippen molar-refractivity contribution >= 4 is 22.3 Å². The van der Waals surface area contributed by atoms with E-state index in [-0.39, 0.29) is 0 Å². The van der Waals surface area contributed by atoms with Gasteiger partial charge < -0.3 is 5.32 Å². The van der Waals surface area contributed by atoms with Gasteiger partial charge in [-0.3, -0.25) is 9.67 Å². The Labute approximate surface area is 122 Å². The Kier molecular flexibility index (Phi) is 3.28. The number of hydrogen-bond acceptors (Lipinski definition) is 4. The lowest BCUT2D eigenvalue weighted by Crippen LogP contribution is -2.00. The first kappa shape index (κ1) is 13.1. The second-order valence-electron chi connectivity index (χ2n) is 5.10. The standard InChI is InChI=1S/C16H15N5/c1-11(2)21-10-13(9-19-21)20-16-12(7-17)8-18-15-6-4-3-5-14(15)16/h3-6,8-11H,1-2H3,(H,18,20). The van der Waals surface area contributed by atoms with Gasteiger partial charge in [0.15, 0.2) is 0 Å². The molecule has 2 heterocycles. The topological polar surface area (TPSA) is 66.5 Å². The quantitative estimate of drug-likeness (QED) is 0.794. The van der Waals surface area contributed by atoms with Crippen LogP contribution in [0.25, 0.3) is 10.9 Å². The maximum Gasteiger partial charge on any atom is 0.103 e. The largest absolute Gasteiger partial charge is 0.351 e. The molecular weight excluding hydrogens is 262 g/mol. The molecule has 0 aliphatic carbocycles. The number of aromatic nitrogens is 3. The fraction of sp³-hybridized carbons (Fsp3) is 0.188. The first-order valence-corrected chi connectivity index (χ1v) is 6.78. The van der Waals surface area contributed by atoms with E-state index in [1.54, 1.807) is 12.4 Å². The predicted octanol–water partition coefficient (Wildman–Crippen LogP) is 3.63. The van der Waals surface area contributed by atoms with Gasteiger partial charge in [0, 0.05) is 23.8 Å². The van der Waals surface area contributed by atoms with Crippen molar-refractivity contribution in [2.24, 2.45) is 0 Å². The van der Waals surface area contributed by atoms with Gasteiger partial charge in [-0.05, 0) is 19.9 Å². The van der Waals surface area contributed by atoms with Crippen LogP contribution >= 0.6 is 0 Å². The molecule has 1 N–H and O–H groups in total. The molecule has 0 saturated heterocycles. The first-order chi connectivity index (χ1) is 10.2. The number of pyridine rings is 1. The first-order valence-electron chi connectivity index (χ1n) is 6.78. The molecule has 21 heavy (non-hydrogen) atoms. The molecule has 0 atom stereocenters. The molecular formula is C16H15N5. The van der Waals surface area contributed by atoms with Gasteiger partial charge in [-0.15, -0.1) is 0 Å². The summed E-state index contributed by atoms with van der Waals surface area (Å²) in [5.41, 5.74) is 3.00. The molecule has 104 valence electrons. The average Bonchev–Trinajstić information content (AvgIpc) is 2.96. The van der Waals surface area contributed by atoms with Crippen LogP contribution in [0.2, 0.25) is 0 Å². The molecule has 0 aliphatic rings. The highest BCUT2D eigenvalue weighted by Gasteiger charge is 2.10. The van der Waals surface area contributed by atoms with Crippen molar-refractivity contribution in [2.45, 2.75) is 19.9 Å². The number of rotatable bonds is 3. The Morgan fingerprint density at radius 3 is 2.76 bits per heavy atom. The van der Waals surface area contributed by atoms with Gasteiger partial charge in [-0.2, -0.15) is 10.4 Å². The number of para-hydroxylation sites is 1. The van der Waals surface area contributed by atoms with Crippen LogP contribution in [-0.2, 0) is 0 Å². The third-order valence-corrected chi connectivity index (χ3v) is 3.30. The molecule has 0 unspecified atom stereocenters. The number of anilines is 2. The van der Waals surface area contributed by atoms with Gasteiger partial charge in [-0.25, -0.2) is 0 Å². The lowest BCUT2D eigenvalue weighted by atomic mass is 10.1. The van der Waals surface area contributed by atoms with E-state index < -0.39 is 0 Å². The van der Waals surface area contributed by atoms with Crippen molar-refractivity contribution in [3.8, 4) is 6.07 Å². The summed E-state index contributed by atoms with van der Waals surface area (Å²) in [5.74, 6) is 0. The van der Waals surface area contributed by atoms with Crippen molar-refractivity contribution in [2.75, 3.05) is 5.32 Å². The highest BCUT2D eigenvalue weighted by Crippen LogP contribution is 2.28. The number of nitrogens with zero attached hydrogens (tertiary/aromatic N) is 4. The normalized spacial score (nSPS) is 10.8. The summed E-state index contributed by atoms with van der Waals surface area (Å²) >= 11 is 0. The van der Waals surface area contributed by atoms with Crippen LogP contribution in [0.5, 0.6) is 0 Å². The van der Waals surface area contributed by atoms with E-state index in [0.717, 1.165) is 22.3 Å². The summed E-state index contributed by atoms with van der Waals surface area (Å²) in [4.78, 5) is 4.30. The molecule has 5 nitrogen and oxygen atoms in total. The Bertz CT molecular complexity index is 826. The van der Waals surface area contributed by atoms with E-state index in [9.17, 15) is 5.26 Å². The second-order valence-corrected chi connectivity index (χ2v) is 5.10. The number of nitriles is 1. The molecule has 0 saturated carbocycles. The Balaban J connectivity index is 2.08. The second kappa shape index (κ2) is 5.25. The van der Waals surface area contributed by atoms with Gasteiger partial charge in [0.1, 0.15) is 6.07 Å². The zero-order chi connectivity index (χ0) is 14.8. The van der Waals surface area contributed by atoms with E-state index in [1.807, 2.05) is 35.1 Å². The van der Waals surface area contributed by atoms with Gasteiger partial charge in [-0.1, -0.05) is 18.2 Å². The summed E-state index contributed by atoms with van der Waals surface area (Å²) in [7, 11) is 0. The summed E-state index contributed by atoms with van der Waals surface area (Å²) in [6.45, 7) is 4.14. The highest BCUT2D eigenvalue weighted by molar-refractivity contribution is 5.95. The SMILES string of the molecule is CC(C)n1cc(Nc2c(C#N)cnc3ccccc23)cn1. The van der Waals surface area contributed by atoms with E-state index in [2.05, 4.69) is 35.3 Å². The minimum atomic E-state index is 0.296. The van der Waals surface area contributed by atoms with Crippen LogP contribution < -0.4 is 5.32 Å². The maximum absolute atomic E-state index is 9.30. The number of hydrogen-bond donors (Lipinski definition) is 1. The molecule has 3 aromatic rings. The predicted molar refractivity (Wildman–Crippen MR) is 82.4 cm³/mol. The molecule has 0 bridgehead atoms. The van der Waals surface area contributed by atoms with Crippen molar-refractivity contribution in [3.63, 3.8) is 0 Å². The van der Waals surface area contributed by atoms with Crippen LogP contribution in [0, 0.1) is 11.3 Å². The summed E-state index contributed by atoms with van der Waals surface area (Å²) in [6, 6.07) is 10.2. The summed E-state index contributed by atoms with van der Waals surface area (Å²) in [5, 5.41) is 17.8. The monoisotopic (exact) mass is 277 g/mol. The zero-order valence-corrected chi connectivity index (χ0v) is 11.9. The van der Waals surface area contributed by atoms with Crippen LogP contribution in [-0.4, -0.2) is 14.8 Å². The van der Waals surface area contributed by atoms with Gasteiger partial charge in [0.2, 0.25) is 0 Å². The third kappa shape index (κ3) is 2.43. The molecule has 2 aromatic heterocycles. The molecule has 0 radical (unpaired) electrons. The smallest absolute Gasteiger partial charge is 0.103 e. The van der Waals surface area contributed by atoms with E-state index in [4.69, 9.17) is 0 Å². The molecule has 5 heteroatoms. The third-order valence-electron chi connectivity index (χ3n) is 3.30. The highest BCUT2D eigenvalue weighted by atomic mass is 15.3. The molecule has 3 rings (SSSR count). The van der Waals surface area contributed by atoms with Gasteiger partial charge in [0.25, 0.3) is 0 Å². The van der Waals surface area contributed by atoms with Crippen molar-refractivity contribution < 1.29 is 0 Å². The van der Waals surface area contributed by atoms with Crippen LogP contribution in [0.1, 0.15) is 25.5 Å². The van der Waals surface area contributed by atoms with Crippen molar-refractivity contribution in [3.05, 3.63) is 48.4 Å². The maximum atomic E-state index is 9.30. The lowest BCUT2D eigenvalue weighted by Gasteiger charge is -2.09. The Morgan fingerprint density at radius 2 is 2.05 bits per heavy atom. The molecule has 0 aliphatic heterocycles. The number of benzene rings is 1. The lowest BCUT2D eigenvalue weighted by molar-refractivity contribution is 0.532. The summed E-state index contributed by atoms with van der Waals surface area (Å²) in [6.07, 6.45) is 5.29. The van der Waals surface area contributed by atoms with Crippen molar-refractivity contribution in [1.82, 2.24) is 14.8 Å². The molecule has 0 spiro atoms. The summed E-state index contributed by atoms with van der Waals surface area (Å²) < 4.78 is 1.87. The van der Waals surface area contributed by atoms with Crippen molar-refractivity contribution in [1.29, 1.82) is 5.26 Å². The fourth-order valence-corrected chi connectivity index (χ4v) is 2.19. The van der Waals surface area contributed by atoms with Gasteiger partial charge >= 0.3 is 0 Å². The van der Waals surface area contributed by atoms with E-state index >= 15 is 0 Å².